The summed E-state index contributed by atoms with van der Waals surface area (Å²) in [6, 6.07) is 1.76. The van der Waals surface area contributed by atoms with Gasteiger partial charge in [0, 0.05) is 26.3 Å². The average Bonchev–Trinajstić information content (AvgIpc) is 2.77. The monoisotopic (exact) mass is 252 g/mol. The Morgan fingerprint density at radius 1 is 1.50 bits per heavy atom. The highest BCUT2D eigenvalue weighted by Gasteiger charge is 2.11. The van der Waals surface area contributed by atoms with Crippen LogP contribution < -0.4 is 10.6 Å². The highest BCUT2D eigenvalue weighted by atomic mass is 16.2. The second kappa shape index (κ2) is 7.87. The third-order valence-electron chi connectivity index (χ3n) is 2.83. The van der Waals surface area contributed by atoms with Crippen LogP contribution in [0.3, 0.4) is 0 Å². The molecule has 1 atom stereocenters. The van der Waals surface area contributed by atoms with Gasteiger partial charge < -0.3 is 10.6 Å². The van der Waals surface area contributed by atoms with Crippen molar-refractivity contribution < 1.29 is 4.79 Å². The predicted molar refractivity (Wildman–Crippen MR) is 72.0 cm³/mol. The summed E-state index contributed by atoms with van der Waals surface area (Å²) >= 11 is 0. The van der Waals surface area contributed by atoms with Gasteiger partial charge in [-0.3, -0.25) is 9.48 Å². The lowest BCUT2D eigenvalue weighted by Crippen LogP contribution is -2.42. The summed E-state index contributed by atoms with van der Waals surface area (Å²) in [5, 5.41) is 10.3. The highest BCUT2D eigenvalue weighted by molar-refractivity contribution is 5.81. The number of carbonyl (C=O) groups is 1. The van der Waals surface area contributed by atoms with E-state index in [4.69, 9.17) is 0 Å². The molecule has 0 saturated carbocycles. The van der Waals surface area contributed by atoms with Gasteiger partial charge in [0.2, 0.25) is 5.91 Å². The molecule has 102 valence electrons. The van der Waals surface area contributed by atoms with Crippen LogP contribution in [0.4, 0.5) is 0 Å². The van der Waals surface area contributed by atoms with E-state index in [-0.39, 0.29) is 11.9 Å². The lowest BCUT2D eigenvalue weighted by Gasteiger charge is -2.13. The van der Waals surface area contributed by atoms with Gasteiger partial charge in [0.05, 0.1) is 11.7 Å². The molecule has 5 heteroatoms. The maximum absolute atomic E-state index is 11.7. The van der Waals surface area contributed by atoms with Crippen molar-refractivity contribution in [1.29, 1.82) is 0 Å². The van der Waals surface area contributed by atoms with Gasteiger partial charge in [-0.05, 0) is 19.4 Å². The zero-order valence-electron chi connectivity index (χ0n) is 11.6. The van der Waals surface area contributed by atoms with Crippen LogP contribution in [0.5, 0.6) is 0 Å². The molecule has 0 saturated heterocycles. The van der Waals surface area contributed by atoms with E-state index >= 15 is 0 Å². The van der Waals surface area contributed by atoms with E-state index in [1.807, 2.05) is 26.2 Å². The van der Waals surface area contributed by atoms with Crippen LogP contribution in [0.1, 0.15) is 38.8 Å². The lowest BCUT2D eigenvalue weighted by atomic mass is 10.2. The van der Waals surface area contributed by atoms with E-state index in [0.717, 1.165) is 25.1 Å². The molecule has 0 aliphatic carbocycles. The number of aryl methyl sites for hydroxylation is 1. The molecule has 0 aromatic carbocycles. The summed E-state index contributed by atoms with van der Waals surface area (Å²) in [4.78, 5) is 11.7. The quantitative estimate of drug-likeness (QED) is 0.684. The van der Waals surface area contributed by atoms with Gasteiger partial charge in [0.15, 0.2) is 0 Å². The van der Waals surface area contributed by atoms with Crippen LogP contribution in [0.15, 0.2) is 12.3 Å². The number of hydrogen-bond donors (Lipinski definition) is 2. The number of hydrogen-bond acceptors (Lipinski definition) is 3. The molecule has 0 radical (unpaired) electrons. The van der Waals surface area contributed by atoms with Crippen molar-refractivity contribution in [2.24, 2.45) is 7.05 Å². The van der Waals surface area contributed by atoms with Crippen molar-refractivity contribution in [2.45, 2.75) is 45.7 Å². The zero-order valence-corrected chi connectivity index (χ0v) is 11.6. The predicted octanol–water partition coefficient (Wildman–Crippen LogP) is 1.20. The SMILES string of the molecule is CCCCCNC(=O)C(C)NCc1ccn(C)n1. The fourth-order valence-electron chi connectivity index (χ4n) is 1.65. The summed E-state index contributed by atoms with van der Waals surface area (Å²) < 4.78 is 1.76. The Hall–Kier alpha value is -1.36. The molecular weight excluding hydrogens is 228 g/mol. The number of amides is 1. The van der Waals surface area contributed by atoms with Gasteiger partial charge in [0.1, 0.15) is 0 Å². The summed E-state index contributed by atoms with van der Waals surface area (Å²) in [6.45, 7) is 5.41. The van der Waals surface area contributed by atoms with Crippen molar-refractivity contribution in [3.05, 3.63) is 18.0 Å². The molecule has 2 N–H and O–H groups in total. The smallest absolute Gasteiger partial charge is 0.236 e. The second-order valence-corrected chi connectivity index (χ2v) is 4.58. The molecule has 0 aliphatic rings. The minimum Gasteiger partial charge on any atom is -0.355 e. The number of nitrogens with one attached hydrogen (secondary N) is 2. The number of aromatic nitrogens is 2. The zero-order chi connectivity index (χ0) is 13.4. The number of carbonyl (C=O) groups excluding carboxylic acids is 1. The van der Waals surface area contributed by atoms with Crippen LogP contribution >= 0.6 is 0 Å². The van der Waals surface area contributed by atoms with Crippen molar-refractivity contribution in [3.63, 3.8) is 0 Å². The maximum Gasteiger partial charge on any atom is 0.236 e. The van der Waals surface area contributed by atoms with Crippen LogP contribution in [0.25, 0.3) is 0 Å². The van der Waals surface area contributed by atoms with Gasteiger partial charge in [-0.25, -0.2) is 0 Å². The van der Waals surface area contributed by atoms with Crippen LogP contribution in [0, 0.1) is 0 Å². The van der Waals surface area contributed by atoms with Crippen molar-refractivity contribution in [1.82, 2.24) is 20.4 Å². The molecule has 5 nitrogen and oxygen atoms in total. The van der Waals surface area contributed by atoms with E-state index in [1.54, 1.807) is 4.68 Å². The molecule has 0 fully saturated rings. The molecule has 1 aromatic heterocycles. The minimum atomic E-state index is -0.186. The first-order valence-electron chi connectivity index (χ1n) is 6.63. The van der Waals surface area contributed by atoms with Crippen molar-refractivity contribution >= 4 is 5.91 Å². The largest absolute Gasteiger partial charge is 0.355 e. The molecular formula is C13H24N4O. The Morgan fingerprint density at radius 3 is 2.89 bits per heavy atom. The lowest BCUT2D eigenvalue weighted by molar-refractivity contribution is -0.122. The van der Waals surface area contributed by atoms with Gasteiger partial charge >= 0.3 is 0 Å². The number of nitrogens with zero attached hydrogens (tertiary/aromatic N) is 2. The fourth-order valence-corrected chi connectivity index (χ4v) is 1.65. The van der Waals surface area contributed by atoms with Gasteiger partial charge in [-0.1, -0.05) is 19.8 Å². The second-order valence-electron chi connectivity index (χ2n) is 4.58. The normalized spacial score (nSPS) is 12.4. The standard InChI is InChI=1S/C13H24N4O/c1-4-5-6-8-14-13(18)11(2)15-10-12-7-9-17(3)16-12/h7,9,11,15H,4-6,8,10H2,1-3H3,(H,14,18). The van der Waals surface area contributed by atoms with Crippen molar-refractivity contribution in [3.8, 4) is 0 Å². The van der Waals surface area contributed by atoms with Crippen molar-refractivity contribution in [2.75, 3.05) is 6.54 Å². The molecule has 18 heavy (non-hydrogen) atoms. The molecule has 0 bridgehead atoms. The van der Waals surface area contributed by atoms with Crippen LogP contribution in [-0.4, -0.2) is 28.3 Å². The molecule has 1 aromatic rings. The topological polar surface area (TPSA) is 59.0 Å². The van der Waals surface area contributed by atoms with Gasteiger partial charge in [0.25, 0.3) is 0 Å². The molecule has 1 rings (SSSR count). The molecule has 1 amide bonds. The first kappa shape index (κ1) is 14.7. The average molecular weight is 252 g/mol. The summed E-state index contributed by atoms with van der Waals surface area (Å²) in [5.74, 6) is 0.0574. The number of rotatable bonds is 8. The first-order chi connectivity index (χ1) is 8.63. The Bertz CT molecular complexity index is 362. The van der Waals surface area contributed by atoms with E-state index in [2.05, 4.69) is 22.7 Å². The molecule has 0 aliphatic heterocycles. The Balaban J connectivity index is 2.19. The highest BCUT2D eigenvalue weighted by Crippen LogP contribution is 1.95. The first-order valence-corrected chi connectivity index (χ1v) is 6.63. The summed E-state index contributed by atoms with van der Waals surface area (Å²) in [6.07, 6.45) is 5.28. The minimum absolute atomic E-state index is 0.0574. The Morgan fingerprint density at radius 2 is 2.28 bits per heavy atom. The molecule has 0 spiro atoms. The Kier molecular flexibility index (Phi) is 6.43. The fraction of sp³-hybridized carbons (Fsp3) is 0.692. The van der Waals surface area contributed by atoms with E-state index in [0.29, 0.717) is 6.54 Å². The van der Waals surface area contributed by atoms with Crippen LogP contribution in [-0.2, 0) is 18.4 Å². The molecule has 1 unspecified atom stereocenters. The summed E-state index contributed by atoms with van der Waals surface area (Å²) in [5.41, 5.74) is 0.947. The third kappa shape index (κ3) is 5.31. The van der Waals surface area contributed by atoms with Gasteiger partial charge in [-0.15, -0.1) is 0 Å². The van der Waals surface area contributed by atoms with E-state index < -0.39 is 0 Å². The van der Waals surface area contributed by atoms with Crippen LogP contribution in [0.2, 0.25) is 0 Å². The Labute approximate surface area is 109 Å². The third-order valence-corrected chi connectivity index (χ3v) is 2.83. The number of unbranched alkanes of at least 4 members (excludes halogenated alkanes) is 2. The maximum atomic E-state index is 11.7. The van der Waals surface area contributed by atoms with Gasteiger partial charge in [-0.2, -0.15) is 5.10 Å². The summed E-state index contributed by atoms with van der Waals surface area (Å²) in [7, 11) is 1.88. The molecule has 1 heterocycles. The van der Waals surface area contributed by atoms with E-state index in [9.17, 15) is 4.79 Å². The van der Waals surface area contributed by atoms with E-state index in [1.165, 1.54) is 6.42 Å².